The number of para-hydroxylation sites is 1. The maximum absolute atomic E-state index is 5.73. The van der Waals surface area contributed by atoms with Crippen molar-refractivity contribution >= 4 is 34.9 Å². The summed E-state index contributed by atoms with van der Waals surface area (Å²) in [6, 6.07) is 31.8. The topological polar surface area (TPSA) is 68.7 Å². The number of aliphatic imine (C=N–C) groups is 1. The van der Waals surface area contributed by atoms with Crippen LogP contribution in [0.2, 0.25) is 0 Å². The van der Waals surface area contributed by atoms with E-state index in [0.29, 0.717) is 17.0 Å². The first kappa shape index (κ1) is 28.4. The minimum Gasteiger partial charge on any atom is -0.340 e. The first-order valence-corrected chi connectivity index (χ1v) is 14.6. The van der Waals surface area contributed by atoms with Gasteiger partial charge in [-0.05, 0) is 61.3 Å². The molecule has 0 unspecified atom stereocenters. The molecular weight excluding hydrogens is 526 g/mol. The average Bonchev–Trinajstić information content (AvgIpc) is 2.98. The molecule has 1 aromatic heterocycles. The summed E-state index contributed by atoms with van der Waals surface area (Å²) in [6.07, 6.45) is 0.906. The summed E-state index contributed by atoms with van der Waals surface area (Å²) in [6.45, 7) is 9.35. The van der Waals surface area contributed by atoms with Crippen LogP contribution < -0.4 is 10.6 Å². The molecule has 0 radical (unpaired) electrons. The zero-order chi connectivity index (χ0) is 28.6. The minimum atomic E-state index is 0.184. The number of nitrogens with zero attached hydrogens (tertiary/aromatic N) is 5. The first-order chi connectivity index (χ1) is 20.0. The molecule has 8 heteroatoms. The number of guanidine groups is 1. The van der Waals surface area contributed by atoms with Crippen molar-refractivity contribution < 1.29 is 0 Å². The molecular formula is C33H37N7S. The number of hydrogen-bond acceptors (Lipinski definition) is 4. The summed E-state index contributed by atoms with van der Waals surface area (Å²) in [5.74, 6) is 1.17. The molecule has 0 bridgehead atoms. The lowest BCUT2D eigenvalue weighted by Gasteiger charge is -2.40. The van der Waals surface area contributed by atoms with Crippen LogP contribution in [0.4, 0.5) is 11.6 Å². The maximum Gasteiger partial charge on any atom is 0.229 e. The first-order valence-electron chi connectivity index (χ1n) is 14.2. The van der Waals surface area contributed by atoms with Gasteiger partial charge < -0.3 is 10.2 Å². The van der Waals surface area contributed by atoms with Crippen LogP contribution in [0.3, 0.4) is 0 Å². The van der Waals surface area contributed by atoms with E-state index in [2.05, 4.69) is 104 Å². The smallest absolute Gasteiger partial charge is 0.229 e. The Morgan fingerprint density at radius 2 is 1.37 bits per heavy atom. The fourth-order valence-electron chi connectivity index (χ4n) is 5.33. The van der Waals surface area contributed by atoms with Gasteiger partial charge in [0.15, 0.2) is 0 Å². The van der Waals surface area contributed by atoms with E-state index in [9.17, 15) is 0 Å². The lowest BCUT2D eigenvalue weighted by atomic mass is 9.96. The molecule has 1 aliphatic heterocycles. The van der Waals surface area contributed by atoms with Crippen LogP contribution in [0.5, 0.6) is 0 Å². The van der Waals surface area contributed by atoms with Crippen molar-refractivity contribution in [1.82, 2.24) is 19.8 Å². The van der Waals surface area contributed by atoms with Gasteiger partial charge in [-0.2, -0.15) is 4.99 Å². The maximum atomic E-state index is 5.73. The molecule has 5 rings (SSSR count). The number of anilines is 2. The molecule has 0 saturated carbocycles. The molecule has 0 atom stereocenters. The van der Waals surface area contributed by atoms with Crippen molar-refractivity contribution in [2.75, 3.05) is 36.8 Å². The molecule has 2 N–H and O–H groups in total. The van der Waals surface area contributed by atoms with Crippen molar-refractivity contribution in [2.45, 2.75) is 33.2 Å². The van der Waals surface area contributed by atoms with Gasteiger partial charge in [-0.25, -0.2) is 9.97 Å². The van der Waals surface area contributed by atoms with E-state index < -0.39 is 0 Å². The third kappa shape index (κ3) is 7.34. The Bertz CT molecular complexity index is 1420. The molecule has 1 saturated heterocycles. The number of aromatic nitrogens is 2. The normalized spacial score (nSPS) is 14.2. The van der Waals surface area contributed by atoms with Gasteiger partial charge in [-0.1, -0.05) is 85.8 Å². The molecule has 0 spiro atoms. The van der Waals surface area contributed by atoms with Gasteiger partial charge in [-0.15, -0.1) is 0 Å². The van der Waals surface area contributed by atoms with E-state index in [1.165, 1.54) is 16.7 Å². The van der Waals surface area contributed by atoms with E-state index in [-0.39, 0.29) is 6.04 Å². The molecule has 210 valence electrons. The predicted molar refractivity (Wildman–Crippen MR) is 172 cm³/mol. The van der Waals surface area contributed by atoms with E-state index in [4.69, 9.17) is 17.2 Å². The van der Waals surface area contributed by atoms with Crippen LogP contribution in [0.1, 0.15) is 41.0 Å². The van der Waals surface area contributed by atoms with E-state index in [1.807, 2.05) is 38.1 Å². The van der Waals surface area contributed by atoms with Gasteiger partial charge in [0.1, 0.15) is 0 Å². The number of piperazine rings is 1. The van der Waals surface area contributed by atoms with Gasteiger partial charge in [0.05, 0.1) is 6.04 Å². The number of nitrogens with one attached hydrogen (secondary N) is 2. The molecule has 2 heterocycles. The highest BCUT2D eigenvalue weighted by Crippen LogP contribution is 2.29. The summed E-state index contributed by atoms with van der Waals surface area (Å²) >= 11 is 5.73. The van der Waals surface area contributed by atoms with Crippen LogP contribution >= 0.6 is 12.2 Å². The quantitative estimate of drug-likeness (QED) is 0.164. The van der Waals surface area contributed by atoms with Gasteiger partial charge in [-0.3, -0.25) is 10.2 Å². The van der Waals surface area contributed by atoms with Crippen LogP contribution in [-0.4, -0.2) is 57.0 Å². The number of thiocarbonyl (C=S) groups is 1. The Morgan fingerprint density at radius 1 is 0.805 bits per heavy atom. The predicted octanol–water partition coefficient (Wildman–Crippen LogP) is 6.23. The van der Waals surface area contributed by atoms with Gasteiger partial charge in [0.2, 0.25) is 17.0 Å². The molecule has 1 aliphatic rings. The monoisotopic (exact) mass is 563 g/mol. The minimum absolute atomic E-state index is 0.184. The molecule has 3 aromatic carbocycles. The fraction of sp³-hybridized carbons (Fsp3) is 0.273. The van der Waals surface area contributed by atoms with Crippen molar-refractivity contribution in [3.63, 3.8) is 0 Å². The summed E-state index contributed by atoms with van der Waals surface area (Å²) in [5, 5.41) is 7.12. The zero-order valence-corrected chi connectivity index (χ0v) is 24.7. The highest BCUT2D eigenvalue weighted by molar-refractivity contribution is 7.80. The molecule has 7 nitrogen and oxygen atoms in total. The van der Waals surface area contributed by atoms with E-state index >= 15 is 0 Å². The molecule has 4 aromatic rings. The second kappa shape index (κ2) is 13.5. The van der Waals surface area contributed by atoms with Crippen molar-refractivity contribution in [2.24, 2.45) is 4.99 Å². The Hall–Kier alpha value is -4.14. The van der Waals surface area contributed by atoms with E-state index in [0.717, 1.165) is 49.7 Å². The molecule has 0 aliphatic carbocycles. The second-order valence-electron chi connectivity index (χ2n) is 10.2. The molecule has 41 heavy (non-hydrogen) atoms. The van der Waals surface area contributed by atoms with Crippen LogP contribution in [-0.2, 0) is 6.42 Å². The van der Waals surface area contributed by atoms with Crippen LogP contribution in [0, 0.1) is 13.8 Å². The van der Waals surface area contributed by atoms with Crippen molar-refractivity contribution in [1.29, 1.82) is 0 Å². The number of benzene rings is 3. The SMILES string of the molecule is CCc1ccccc1NC(=S)/N=C(/Nc1nc(C)cc(C)n1)N1CCN(C(c2ccccc2)c2ccccc2)CC1. The van der Waals surface area contributed by atoms with Crippen LogP contribution in [0.25, 0.3) is 0 Å². The Kier molecular flexibility index (Phi) is 9.33. The second-order valence-corrected chi connectivity index (χ2v) is 10.6. The molecule has 1 fully saturated rings. The highest BCUT2D eigenvalue weighted by atomic mass is 32.1. The highest BCUT2D eigenvalue weighted by Gasteiger charge is 2.28. The third-order valence-electron chi connectivity index (χ3n) is 7.26. The van der Waals surface area contributed by atoms with Crippen molar-refractivity contribution in [3.8, 4) is 0 Å². The summed E-state index contributed by atoms with van der Waals surface area (Å²) in [7, 11) is 0. The number of aryl methyl sites for hydroxylation is 3. The average molecular weight is 564 g/mol. The zero-order valence-electron chi connectivity index (χ0n) is 23.9. The lowest BCUT2D eigenvalue weighted by Crippen LogP contribution is -2.52. The largest absolute Gasteiger partial charge is 0.340 e. The third-order valence-corrected chi connectivity index (χ3v) is 7.46. The van der Waals surface area contributed by atoms with E-state index in [1.54, 1.807) is 0 Å². The number of rotatable bonds is 6. The van der Waals surface area contributed by atoms with Crippen LogP contribution in [0.15, 0.2) is 96.0 Å². The standard InChI is InChI=1S/C33H37N7S/c1-4-26-13-11-12-18-29(26)36-33(41)38-32(37-31-34-24(2)23-25(3)35-31)40-21-19-39(20-22-40)30(27-14-7-5-8-15-27)28-16-9-6-10-17-28/h5-18,23,30H,4,19-22H2,1-3H3,(H2,34,35,36,37,38,41). The summed E-state index contributed by atoms with van der Waals surface area (Å²) < 4.78 is 0. The Balaban J connectivity index is 1.38. The van der Waals surface area contributed by atoms with Crippen molar-refractivity contribution in [3.05, 3.63) is 119 Å². The van der Waals surface area contributed by atoms with Gasteiger partial charge >= 0.3 is 0 Å². The Morgan fingerprint density at radius 3 is 1.95 bits per heavy atom. The number of hydrogen-bond donors (Lipinski definition) is 2. The lowest BCUT2D eigenvalue weighted by molar-refractivity contribution is 0.150. The van der Waals surface area contributed by atoms with Gasteiger partial charge in [0.25, 0.3) is 0 Å². The van der Waals surface area contributed by atoms with Gasteiger partial charge in [0, 0.05) is 43.3 Å². The Labute approximate surface area is 248 Å². The molecule has 0 amide bonds. The summed E-state index contributed by atoms with van der Waals surface area (Å²) in [4.78, 5) is 18.9. The summed E-state index contributed by atoms with van der Waals surface area (Å²) in [5.41, 5.74) is 6.55. The fourth-order valence-corrected chi connectivity index (χ4v) is 5.52.